The van der Waals surface area contributed by atoms with Gasteiger partial charge >= 0.3 is 0 Å². The number of aromatic nitrogens is 1. The average Bonchev–Trinajstić information content (AvgIpc) is 2.46. The molecule has 2 aromatic rings. The first kappa shape index (κ1) is 13.5. The number of nitrogens with two attached hydrogens (primary N) is 1. The summed E-state index contributed by atoms with van der Waals surface area (Å²) in [7, 11) is 0. The lowest BCUT2D eigenvalue weighted by atomic mass is 10.1. The topological polar surface area (TPSA) is 68.0 Å². The van der Waals surface area contributed by atoms with Crippen molar-refractivity contribution in [3.05, 3.63) is 64.9 Å². The van der Waals surface area contributed by atoms with E-state index in [1.54, 1.807) is 6.07 Å². The summed E-state index contributed by atoms with van der Waals surface area (Å²) in [5, 5.41) is 3.09. The Morgan fingerprint density at radius 1 is 1.32 bits per heavy atom. The number of benzene rings is 1. The minimum atomic E-state index is -0.251. The van der Waals surface area contributed by atoms with Gasteiger partial charge in [0.1, 0.15) is 0 Å². The smallest absolute Gasteiger partial charge is 0.252 e. The second-order valence-electron chi connectivity index (χ2n) is 4.08. The molecule has 1 amide bonds. The summed E-state index contributed by atoms with van der Waals surface area (Å²) >= 11 is 5.90. The zero-order valence-electron chi connectivity index (χ0n) is 10.2. The summed E-state index contributed by atoms with van der Waals surface area (Å²) in [5.74, 6) is -0.251. The van der Waals surface area contributed by atoms with E-state index in [4.69, 9.17) is 17.3 Å². The number of pyridine rings is 1. The van der Waals surface area contributed by atoms with E-state index in [1.165, 1.54) is 12.4 Å². The fourth-order valence-electron chi connectivity index (χ4n) is 1.68. The Labute approximate surface area is 116 Å². The van der Waals surface area contributed by atoms with Crippen LogP contribution in [0.15, 0.2) is 48.8 Å². The first-order valence-electron chi connectivity index (χ1n) is 5.86. The summed E-state index contributed by atoms with van der Waals surface area (Å²) in [6, 6.07) is 10.9. The van der Waals surface area contributed by atoms with Gasteiger partial charge in [-0.1, -0.05) is 41.9 Å². The fourth-order valence-corrected chi connectivity index (χ4v) is 1.88. The molecule has 0 aliphatic heterocycles. The van der Waals surface area contributed by atoms with Gasteiger partial charge in [0.25, 0.3) is 5.91 Å². The van der Waals surface area contributed by atoms with E-state index < -0.39 is 0 Å². The van der Waals surface area contributed by atoms with Crippen LogP contribution in [0.3, 0.4) is 0 Å². The molecule has 98 valence electrons. The van der Waals surface area contributed by atoms with Gasteiger partial charge in [0.2, 0.25) is 0 Å². The molecule has 1 aromatic heterocycles. The second-order valence-corrected chi connectivity index (χ2v) is 4.49. The van der Waals surface area contributed by atoms with Crippen molar-refractivity contribution in [1.82, 2.24) is 10.3 Å². The molecule has 19 heavy (non-hydrogen) atoms. The highest BCUT2D eigenvalue weighted by Crippen LogP contribution is 2.13. The van der Waals surface area contributed by atoms with Crippen molar-refractivity contribution in [3.63, 3.8) is 0 Å². The maximum absolute atomic E-state index is 11.9. The first-order valence-corrected chi connectivity index (χ1v) is 6.24. The molecule has 0 saturated carbocycles. The van der Waals surface area contributed by atoms with Crippen molar-refractivity contribution < 1.29 is 4.79 Å². The van der Waals surface area contributed by atoms with E-state index >= 15 is 0 Å². The van der Waals surface area contributed by atoms with Crippen LogP contribution in [0.25, 0.3) is 0 Å². The fraction of sp³-hybridized carbons (Fsp3) is 0.143. The monoisotopic (exact) mass is 275 g/mol. The lowest BCUT2D eigenvalue weighted by Crippen LogP contribution is -2.32. The SMILES string of the molecule is NC(CNC(=O)c1ccncc1Cl)c1ccccc1. The van der Waals surface area contributed by atoms with Crippen LogP contribution >= 0.6 is 11.6 Å². The number of carbonyl (C=O) groups excluding carboxylic acids is 1. The largest absolute Gasteiger partial charge is 0.350 e. The van der Waals surface area contributed by atoms with Crippen molar-refractivity contribution in [2.24, 2.45) is 5.73 Å². The van der Waals surface area contributed by atoms with Gasteiger partial charge < -0.3 is 11.1 Å². The normalized spacial score (nSPS) is 11.9. The van der Waals surface area contributed by atoms with Gasteiger partial charge in [-0.15, -0.1) is 0 Å². The van der Waals surface area contributed by atoms with Crippen LogP contribution in [0, 0.1) is 0 Å². The van der Waals surface area contributed by atoms with Gasteiger partial charge in [-0.3, -0.25) is 9.78 Å². The van der Waals surface area contributed by atoms with Crippen LogP contribution in [0.4, 0.5) is 0 Å². The van der Waals surface area contributed by atoms with E-state index in [1.807, 2.05) is 30.3 Å². The third-order valence-electron chi connectivity index (χ3n) is 2.73. The van der Waals surface area contributed by atoms with Crippen LogP contribution in [-0.4, -0.2) is 17.4 Å². The predicted molar refractivity (Wildman–Crippen MR) is 75.0 cm³/mol. The summed E-state index contributed by atoms with van der Waals surface area (Å²) in [6.07, 6.45) is 2.96. The number of nitrogens with zero attached hydrogens (tertiary/aromatic N) is 1. The first-order chi connectivity index (χ1) is 9.18. The number of amides is 1. The number of hydrogen-bond acceptors (Lipinski definition) is 3. The Morgan fingerprint density at radius 3 is 2.74 bits per heavy atom. The Kier molecular flexibility index (Phi) is 4.49. The summed E-state index contributed by atoms with van der Waals surface area (Å²) in [4.78, 5) is 15.8. The van der Waals surface area contributed by atoms with Crippen LogP contribution in [0.5, 0.6) is 0 Å². The average molecular weight is 276 g/mol. The molecule has 3 N–H and O–H groups in total. The van der Waals surface area contributed by atoms with Crippen molar-refractivity contribution in [2.75, 3.05) is 6.54 Å². The van der Waals surface area contributed by atoms with Gasteiger partial charge in [0, 0.05) is 25.0 Å². The lowest BCUT2D eigenvalue weighted by molar-refractivity contribution is 0.0951. The van der Waals surface area contributed by atoms with Gasteiger partial charge in [-0.25, -0.2) is 0 Å². The maximum atomic E-state index is 11.9. The molecule has 0 bridgehead atoms. The number of nitrogens with one attached hydrogen (secondary N) is 1. The summed E-state index contributed by atoms with van der Waals surface area (Å²) in [5.41, 5.74) is 7.37. The molecular weight excluding hydrogens is 262 g/mol. The Bertz CT molecular complexity index is 560. The second kappa shape index (κ2) is 6.31. The number of hydrogen-bond donors (Lipinski definition) is 2. The lowest BCUT2D eigenvalue weighted by Gasteiger charge is -2.13. The third-order valence-corrected chi connectivity index (χ3v) is 3.03. The Hall–Kier alpha value is -1.91. The van der Waals surface area contributed by atoms with Crippen molar-refractivity contribution in [3.8, 4) is 0 Å². The zero-order chi connectivity index (χ0) is 13.7. The Balaban J connectivity index is 1.96. The molecule has 0 fully saturated rings. The van der Waals surface area contributed by atoms with Crippen molar-refractivity contribution >= 4 is 17.5 Å². The number of rotatable bonds is 4. The van der Waals surface area contributed by atoms with E-state index in [2.05, 4.69) is 10.3 Å². The Morgan fingerprint density at radius 2 is 2.05 bits per heavy atom. The molecule has 0 saturated heterocycles. The maximum Gasteiger partial charge on any atom is 0.252 e. The van der Waals surface area contributed by atoms with E-state index in [0.717, 1.165) is 5.56 Å². The standard InChI is InChI=1S/C14H14ClN3O/c15-12-8-17-7-6-11(12)14(19)18-9-13(16)10-4-2-1-3-5-10/h1-8,13H,9,16H2,(H,18,19). The molecule has 1 atom stereocenters. The number of carbonyl (C=O) groups is 1. The van der Waals surface area contributed by atoms with Gasteiger partial charge in [-0.05, 0) is 11.6 Å². The van der Waals surface area contributed by atoms with Crippen LogP contribution < -0.4 is 11.1 Å². The van der Waals surface area contributed by atoms with Gasteiger partial charge in [0.15, 0.2) is 0 Å². The minimum Gasteiger partial charge on any atom is -0.350 e. The van der Waals surface area contributed by atoms with E-state index in [-0.39, 0.29) is 11.9 Å². The van der Waals surface area contributed by atoms with E-state index in [9.17, 15) is 4.79 Å². The van der Waals surface area contributed by atoms with Crippen molar-refractivity contribution in [2.45, 2.75) is 6.04 Å². The molecule has 0 spiro atoms. The van der Waals surface area contributed by atoms with Gasteiger partial charge in [-0.2, -0.15) is 0 Å². The zero-order valence-corrected chi connectivity index (χ0v) is 11.0. The molecule has 2 rings (SSSR count). The predicted octanol–water partition coefficient (Wildman–Crippen LogP) is 2.16. The highest BCUT2D eigenvalue weighted by molar-refractivity contribution is 6.33. The third kappa shape index (κ3) is 3.53. The molecule has 1 aromatic carbocycles. The van der Waals surface area contributed by atoms with Crippen molar-refractivity contribution in [1.29, 1.82) is 0 Å². The minimum absolute atomic E-state index is 0.245. The summed E-state index contributed by atoms with van der Waals surface area (Å²) < 4.78 is 0. The molecule has 0 aliphatic carbocycles. The molecule has 4 nitrogen and oxygen atoms in total. The molecule has 1 heterocycles. The molecular formula is C14H14ClN3O. The van der Waals surface area contributed by atoms with Crippen LogP contribution in [0.2, 0.25) is 5.02 Å². The highest BCUT2D eigenvalue weighted by atomic mass is 35.5. The molecule has 5 heteroatoms. The molecule has 1 unspecified atom stereocenters. The van der Waals surface area contributed by atoms with Crippen LogP contribution in [0.1, 0.15) is 22.0 Å². The molecule has 0 aliphatic rings. The van der Waals surface area contributed by atoms with Gasteiger partial charge in [0.05, 0.1) is 10.6 Å². The van der Waals surface area contributed by atoms with Crippen LogP contribution in [-0.2, 0) is 0 Å². The summed E-state index contributed by atoms with van der Waals surface area (Å²) in [6.45, 7) is 0.349. The van der Waals surface area contributed by atoms with E-state index in [0.29, 0.717) is 17.1 Å². The highest BCUT2D eigenvalue weighted by Gasteiger charge is 2.12. The molecule has 0 radical (unpaired) electrons. The number of halogens is 1. The quantitative estimate of drug-likeness (QED) is 0.898.